The van der Waals surface area contributed by atoms with Crippen LogP contribution in [0.25, 0.3) is 0 Å². The molecule has 0 aliphatic carbocycles. The summed E-state index contributed by atoms with van der Waals surface area (Å²) in [7, 11) is 0. The van der Waals surface area contributed by atoms with Gasteiger partial charge in [0.1, 0.15) is 0 Å². The average molecular weight is 361 g/mol. The Bertz CT molecular complexity index is 670. The summed E-state index contributed by atoms with van der Waals surface area (Å²) in [4.78, 5) is 50.7. The van der Waals surface area contributed by atoms with E-state index in [1.165, 1.54) is 4.90 Å². The van der Waals surface area contributed by atoms with Crippen molar-refractivity contribution in [2.75, 3.05) is 25.4 Å². The molecular formula is C17H19N3O4S. The number of nitrogens with one attached hydrogen (secondary N) is 1. The lowest BCUT2D eigenvalue weighted by Crippen LogP contribution is -2.50. The third-order valence-electron chi connectivity index (χ3n) is 4.40. The van der Waals surface area contributed by atoms with Crippen molar-refractivity contribution < 1.29 is 19.2 Å². The Kier molecular flexibility index (Phi) is 5.37. The molecule has 132 valence electrons. The van der Waals surface area contributed by atoms with Gasteiger partial charge in [0.25, 0.3) is 11.1 Å². The van der Waals surface area contributed by atoms with E-state index in [9.17, 15) is 19.2 Å². The summed E-state index contributed by atoms with van der Waals surface area (Å²) in [5.74, 6) is -0.371. The van der Waals surface area contributed by atoms with Gasteiger partial charge in [-0.15, -0.1) is 0 Å². The molecule has 2 saturated heterocycles. The zero-order valence-electron chi connectivity index (χ0n) is 13.6. The number of hydrogen-bond donors (Lipinski definition) is 1. The van der Waals surface area contributed by atoms with E-state index in [2.05, 4.69) is 5.32 Å². The Hall–Kier alpha value is -2.35. The highest BCUT2D eigenvalue weighted by atomic mass is 32.2. The van der Waals surface area contributed by atoms with Gasteiger partial charge in [-0.25, -0.2) is 0 Å². The minimum Gasteiger partial charge on any atom is -0.343 e. The number of likely N-dealkylation sites (tertiary alicyclic amines) is 1. The third-order valence-corrected chi connectivity index (χ3v) is 5.24. The van der Waals surface area contributed by atoms with Crippen molar-refractivity contribution in [2.45, 2.75) is 18.9 Å². The maximum absolute atomic E-state index is 12.3. The van der Waals surface area contributed by atoms with Crippen LogP contribution in [0.15, 0.2) is 30.3 Å². The topological polar surface area (TPSA) is 86.8 Å². The lowest BCUT2D eigenvalue weighted by Gasteiger charge is -2.35. The zero-order chi connectivity index (χ0) is 17.8. The number of benzene rings is 1. The predicted molar refractivity (Wildman–Crippen MR) is 93.1 cm³/mol. The van der Waals surface area contributed by atoms with Gasteiger partial charge >= 0.3 is 0 Å². The van der Waals surface area contributed by atoms with E-state index in [-0.39, 0.29) is 41.3 Å². The highest BCUT2D eigenvalue weighted by molar-refractivity contribution is 8.14. The van der Waals surface area contributed by atoms with Gasteiger partial charge in [-0.1, -0.05) is 30.0 Å². The lowest BCUT2D eigenvalue weighted by atomic mass is 10.0. The number of thioether (sulfide) groups is 1. The molecule has 2 aliphatic rings. The number of piperidine rings is 1. The number of hydrogen-bond acceptors (Lipinski definition) is 5. The molecule has 0 bridgehead atoms. The molecule has 1 aromatic rings. The Morgan fingerprint density at radius 3 is 2.40 bits per heavy atom. The highest BCUT2D eigenvalue weighted by Crippen LogP contribution is 2.26. The number of carbonyl (C=O) groups is 4. The van der Waals surface area contributed by atoms with Crippen LogP contribution in [0.4, 0.5) is 4.79 Å². The summed E-state index contributed by atoms with van der Waals surface area (Å²) in [6.07, 6.45) is 1.16. The molecule has 25 heavy (non-hydrogen) atoms. The minimum absolute atomic E-state index is 0.0597. The summed E-state index contributed by atoms with van der Waals surface area (Å²) >= 11 is 1.03. The molecule has 7 nitrogen and oxygen atoms in total. The summed E-state index contributed by atoms with van der Waals surface area (Å²) in [5, 5.41) is 2.43. The Morgan fingerprint density at radius 2 is 1.80 bits per heavy atom. The Balaban J connectivity index is 1.46. The molecule has 2 fully saturated rings. The van der Waals surface area contributed by atoms with Crippen LogP contribution in [-0.2, 0) is 9.59 Å². The first-order valence-electron chi connectivity index (χ1n) is 8.16. The molecule has 0 aromatic heterocycles. The molecule has 0 saturated carbocycles. The fourth-order valence-corrected chi connectivity index (χ4v) is 3.83. The van der Waals surface area contributed by atoms with Gasteiger partial charge in [0.05, 0.1) is 12.3 Å². The van der Waals surface area contributed by atoms with Crippen LogP contribution in [-0.4, -0.2) is 64.2 Å². The average Bonchev–Trinajstić information content (AvgIpc) is 2.98. The molecule has 3 rings (SSSR count). The van der Waals surface area contributed by atoms with Crippen LogP contribution in [0.3, 0.4) is 0 Å². The fourth-order valence-electron chi connectivity index (χ4n) is 3.05. The Morgan fingerprint density at radius 1 is 1.12 bits per heavy atom. The second kappa shape index (κ2) is 7.69. The standard InChI is InChI=1S/C17H19N3O4S/c21-14(10-18-16(23)12-4-2-1-3-5-12)19-8-6-13(7-9-19)20-15(22)11-25-17(20)24/h1-5,13H,6-11H2,(H,18,23). The summed E-state index contributed by atoms with van der Waals surface area (Å²) in [6, 6.07) is 8.60. The molecule has 8 heteroatoms. The van der Waals surface area contributed by atoms with Crippen molar-refractivity contribution in [1.82, 2.24) is 15.1 Å². The summed E-state index contributed by atoms with van der Waals surface area (Å²) in [6.45, 7) is 0.898. The molecule has 0 spiro atoms. The molecule has 0 atom stereocenters. The maximum atomic E-state index is 12.3. The van der Waals surface area contributed by atoms with Gasteiger partial charge in [-0.3, -0.25) is 24.1 Å². The van der Waals surface area contributed by atoms with Crippen molar-refractivity contribution >= 4 is 34.7 Å². The van der Waals surface area contributed by atoms with Crippen LogP contribution in [0.1, 0.15) is 23.2 Å². The largest absolute Gasteiger partial charge is 0.343 e. The monoisotopic (exact) mass is 361 g/mol. The molecule has 4 amide bonds. The van der Waals surface area contributed by atoms with Gasteiger partial charge in [-0.05, 0) is 25.0 Å². The summed E-state index contributed by atoms with van der Waals surface area (Å²) < 4.78 is 0. The first-order valence-corrected chi connectivity index (χ1v) is 9.14. The zero-order valence-corrected chi connectivity index (χ0v) is 14.5. The van der Waals surface area contributed by atoms with E-state index in [4.69, 9.17) is 0 Å². The first kappa shape index (κ1) is 17.5. The van der Waals surface area contributed by atoms with Crippen LogP contribution < -0.4 is 5.32 Å². The molecule has 2 heterocycles. The second-order valence-electron chi connectivity index (χ2n) is 5.98. The number of nitrogens with zero attached hydrogens (tertiary/aromatic N) is 2. The SMILES string of the molecule is O=C(NCC(=O)N1CCC(N2C(=O)CSC2=O)CC1)c1ccccc1. The number of rotatable bonds is 4. The first-order chi connectivity index (χ1) is 12.1. The van der Waals surface area contributed by atoms with Gasteiger partial charge in [0, 0.05) is 24.7 Å². The number of imide groups is 1. The van der Waals surface area contributed by atoms with Crippen LogP contribution in [0.5, 0.6) is 0 Å². The van der Waals surface area contributed by atoms with Crippen molar-refractivity contribution in [2.24, 2.45) is 0 Å². The molecule has 0 unspecified atom stereocenters. The molecule has 1 aromatic carbocycles. The van der Waals surface area contributed by atoms with Crippen LogP contribution >= 0.6 is 11.8 Å². The molecular weight excluding hydrogens is 342 g/mol. The van der Waals surface area contributed by atoms with E-state index in [1.807, 2.05) is 6.07 Å². The van der Waals surface area contributed by atoms with Gasteiger partial charge in [0.15, 0.2) is 0 Å². The van der Waals surface area contributed by atoms with E-state index < -0.39 is 0 Å². The van der Waals surface area contributed by atoms with Gasteiger partial charge < -0.3 is 10.2 Å². The van der Waals surface area contributed by atoms with Crippen molar-refractivity contribution in [3.05, 3.63) is 35.9 Å². The molecule has 1 N–H and O–H groups in total. The van der Waals surface area contributed by atoms with E-state index in [0.29, 0.717) is 31.5 Å². The maximum Gasteiger partial charge on any atom is 0.289 e. The number of carbonyl (C=O) groups excluding carboxylic acids is 4. The second-order valence-corrected chi connectivity index (χ2v) is 6.91. The van der Waals surface area contributed by atoms with Crippen LogP contribution in [0.2, 0.25) is 0 Å². The molecule has 0 radical (unpaired) electrons. The smallest absolute Gasteiger partial charge is 0.289 e. The quantitative estimate of drug-likeness (QED) is 0.868. The van der Waals surface area contributed by atoms with Crippen molar-refractivity contribution in [1.29, 1.82) is 0 Å². The summed E-state index contributed by atoms with van der Waals surface area (Å²) in [5.41, 5.74) is 0.512. The van der Waals surface area contributed by atoms with Crippen molar-refractivity contribution in [3.8, 4) is 0 Å². The Labute approximate surface area is 149 Å². The van der Waals surface area contributed by atoms with E-state index in [0.717, 1.165) is 11.8 Å². The third kappa shape index (κ3) is 4.01. The fraction of sp³-hybridized carbons (Fsp3) is 0.412. The predicted octanol–water partition coefficient (Wildman–Crippen LogP) is 1.10. The lowest BCUT2D eigenvalue weighted by molar-refractivity contribution is -0.132. The van der Waals surface area contributed by atoms with Crippen molar-refractivity contribution in [3.63, 3.8) is 0 Å². The normalized spacial score (nSPS) is 18.6. The van der Waals surface area contributed by atoms with E-state index >= 15 is 0 Å². The van der Waals surface area contributed by atoms with Gasteiger partial charge in [0.2, 0.25) is 11.8 Å². The van der Waals surface area contributed by atoms with Crippen LogP contribution in [0, 0.1) is 0 Å². The number of amides is 4. The van der Waals surface area contributed by atoms with Gasteiger partial charge in [-0.2, -0.15) is 0 Å². The minimum atomic E-state index is -0.283. The molecule has 2 aliphatic heterocycles. The highest BCUT2D eigenvalue weighted by Gasteiger charge is 2.37. The van der Waals surface area contributed by atoms with E-state index in [1.54, 1.807) is 29.2 Å².